The van der Waals surface area contributed by atoms with Gasteiger partial charge in [-0.25, -0.2) is 0 Å². The molecule has 0 bridgehead atoms. The number of β-amino-alcohol motifs (C(OH)–C–C–N with tert-alkyl or cyclic N) is 1. The molecule has 1 aromatic carbocycles. The summed E-state index contributed by atoms with van der Waals surface area (Å²) in [6.45, 7) is 10.2. The van der Waals surface area contributed by atoms with Crippen LogP contribution in [0.25, 0.3) is 0 Å². The number of hydrogen-bond acceptors (Lipinski definition) is 11. The molecule has 2 amide bonds. The molecular formula is C34H53N5O9. The molecule has 1 aromatic heterocycles. The number of aromatic amines is 1. The van der Waals surface area contributed by atoms with E-state index < -0.39 is 42.9 Å². The summed E-state index contributed by atoms with van der Waals surface area (Å²) in [5.41, 5.74) is 2.76. The maximum absolute atomic E-state index is 13.1. The van der Waals surface area contributed by atoms with Crippen LogP contribution in [0, 0.1) is 0 Å². The third-order valence-electron chi connectivity index (χ3n) is 9.10. The minimum atomic E-state index is -1.55. The molecule has 2 aromatic rings. The summed E-state index contributed by atoms with van der Waals surface area (Å²) in [5, 5.41) is 59.6. The Morgan fingerprint density at radius 2 is 1.69 bits per heavy atom. The van der Waals surface area contributed by atoms with Crippen molar-refractivity contribution in [1.29, 1.82) is 0 Å². The van der Waals surface area contributed by atoms with E-state index in [1.807, 2.05) is 38.1 Å². The van der Waals surface area contributed by atoms with E-state index in [0.717, 1.165) is 35.2 Å². The highest BCUT2D eigenvalue weighted by Crippen LogP contribution is 2.31. The average Bonchev–Trinajstić information content (AvgIpc) is 3.46. The minimum absolute atomic E-state index is 0.0907. The van der Waals surface area contributed by atoms with Gasteiger partial charge in [0.15, 0.2) is 0 Å². The van der Waals surface area contributed by atoms with Gasteiger partial charge in [0, 0.05) is 56.8 Å². The molecule has 14 heteroatoms. The second-order valence-electron chi connectivity index (χ2n) is 13.6. The largest absolute Gasteiger partial charge is 0.443 e. The first kappa shape index (κ1) is 37.7. The molecule has 2 fully saturated rings. The van der Waals surface area contributed by atoms with Crippen LogP contribution in [0.1, 0.15) is 75.3 Å². The van der Waals surface area contributed by atoms with E-state index in [0.29, 0.717) is 52.0 Å². The number of hydrogen-bond donors (Lipinski definition) is 7. The standard InChI is InChI=1S/C34H53N5O9/c1-21(2)27-24(31(37-36-27)48-32-30(45)29(44)28(43)25(20-41)47-32)19-23-11-9-22(10-12-23)7-5-6-8-26(42)35-34(3,4)33(46)39-15-13-38(14-16-39)17-18-40/h9-12,21,25,28-30,32,40-41,43-45H,5-8,13-20H2,1-4H3,(H,35,42)(H,36,37)/t25-,28+,29+,30-,32+/m1/s1. The number of nitrogens with zero attached hydrogens (tertiary/aromatic N) is 3. The van der Waals surface area contributed by atoms with Crippen LogP contribution in [-0.4, -0.2) is 140 Å². The Bertz CT molecular complexity index is 1320. The summed E-state index contributed by atoms with van der Waals surface area (Å²) in [7, 11) is 0. The van der Waals surface area contributed by atoms with Gasteiger partial charge in [0.05, 0.1) is 13.2 Å². The molecule has 0 spiro atoms. The lowest BCUT2D eigenvalue weighted by atomic mass is 9.97. The first-order valence-corrected chi connectivity index (χ1v) is 16.9. The molecule has 4 rings (SSSR count). The van der Waals surface area contributed by atoms with Crippen molar-refractivity contribution in [3.05, 3.63) is 46.6 Å². The molecule has 5 atom stereocenters. The summed E-state index contributed by atoms with van der Waals surface area (Å²) in [6, 6.07) is 8.14. The normalized spacial score (nSPS) is 23.8. The predicted octanol–water partition coefficient (Wildman–Crippen LogP) is 0.0467. The minimum Gasteiger partial charge on any atom is -0.443 e. The van der Waals surface area contributed by atoms with E-state index in [-0.39, 0.29) is 30.2 Å². The molecule has 3 heterocycles. The van der Waals surface area contributed by atoms with Crippen molar-refractivity contribution in [3.8, 4) is 5.88 Å². The molecular weight excluding hydrogens is 622 g/mol. The lowest BCUT2D eigenvalue weighted by Crippen LogP contribution is -2.60. The number of aryl methyl sites for hydroxylation is 1. The van der Waals surface area contributed by atoms with Crippen molar-refractivity contribution in [1.82, 2.24) is 25.3 Å². The lowest BCUT2D eigenvalue weighted by Gasteiger charge is -2.39. The van der Waals surface area contributed by atoms with Crippen LogP contribution in [0.5, 0.6) is 5.88 Å². The van der Waals surface area contributed by atoms with Crippen LogP contribution >= 0.6 is 0 Å². The molecule has 2 aliphatic heterocycles. The maximum Gasteiger partial charge on any atom is 0.247 e. The Kier molecular flexibility index (Phi) is 13.4. The Morgan fingerprint density at radius 3 is 2.31 bits per heavy atom. The first-order valence-electron chi connectivity index (χ1n) is 16.9. The highest BCUT2D eigenvalue weighted by Gasteiger charge is 2.45. The lowest BCUT2D eigenvalue weighted by molar-refractivity contribution is -0.278. The van der Waals surface area contributed by atoms with Gasteiger partial charge < -0.3 is 45.2 Å². The van der Waals surface area contributed by atoms with Gasteiger partial charge in [0.2, 0.25) is 24.0 Å². The fraction of sp³-hybridized carbons (Fsp3) is 0.676. The number of benzene rings is 1. The van der Waals surface area contributed by atoms with E-state index in [1.165, 1.54) is 0 Å². The highest BCUT2D eigenvalue weighted by atomic mass is 16.7. The average molecular weight is 676 g/mol. The summed E-state index contributed by atoms with van der Waals surface area (Å²) in [6.07, 6.45) is -3.91. The summed E-state index contributed by atoms with van der Waals surface area (Å²) < 4.78 is 11.4. The number of ether oxygens (including phenoxy) is 2. The van der Waals surface area contributed by atoms with Crippen molar-refractivity contribution in [2.24, 2.45) is 0 Å². The maximum atomic E-state index is 13.1. The second kappa shape index (κ2) is 17.0. The molecule has 14 nitrogen and oxygen atoms in total. The Morgan fingerprint density at radius 1 is 1.02 bits per heavy atom. The number of amides is 2. The van der Waals surface area contributed by atoms with Crippen LogP contribution in [0.2, 0.25) is 0 Å². The van der Waals surface area contributed by atoms with E-state index >= 15 is 0 Å². The van der Waals surface area contributed by atoms with E-state index in [1.54, 1.807) is 18.7 Å². The fourth-order valence-electron chi connectivity index (χ4n) is 6.20. The van der Waals surface area contributed by atoms with Crippen molar-refractivity contribution in [3.63, 3.8) is 0 Å². The molecule has 2 saturated heterocycles. The number of carbonyl (C=O) groups is 2. The highest BCUT2D eigenvalue weighted by molar-refractivity contribution is 5.90. The van der Waals surface area contributed by atoms with Crippen LogP contribution in [0.15, 0.2) is 24.3 Å². The van der Waals surface area contributed by atoms with Crippen LogP contribution < -0.4 is 10.1 Å². The smallest absolute Gasteiger partial charge is 0.247 e. The van der Waals surface area contributed by atoms with E-state index in [2.05, 4.69) is 20.4 Å². The molecule has 7 N–H and O–H groups in total. The van der Waals surface area contributed by atoms with Gasteiger partial charge in [0.25, 0.3) is 0 Å². The van der Waals surface area contributed by atoms with Crippen LogP contribution in [-0.2, 0) is 27.2 Å². The van der Waals surface area contributed by atoms with Crippen LogP contribution in [0.3, 0.4) is 0 Å². The number of carbonyl (C=O) groups excluding carboxylic acids is 2. The Labute approximate surface area is 282 Å². The van der Waals surface area contributed by atoms with Gasteiger partial charge in [-0.3, -0.25) is 19.6 Å². The number of H-pyrrole nitrogens is 1. The number of unbranched alkanes of at least 4 members (excludes halogenated alkanes) is 1. The van der Waals surface area contributed by atoms with E-state index in [9.17, 15) is 30.0 Å². The van der Waals surface area contributed by atoms with Gasteiger partial charge in [-0.1, -0.05) is 38.1 Å². The molecule has 2 aliphatic rings. The van der Waals surface area contributed by atoms with Gasteiger partial charge in [0.1, 0.15) is 30.0 Å². The van der Waals surface area contributed by atoms with Crippen molar-refractivity contribution in [2.75, 3.05) is 45.9 Å². The van der Waals surface area contributed by atoms with Crippen molar-refractivity contribution < 1.29 is 44.6 Å². The molecule has 0 unspecified atom stereocenters. The zero-order chi connectivity index (χ0) is 35.0. The number of aromatic nitrogens is 2. The Balaban J connectivity index is 1.26. The Hall–Kier alpha value is -3.11. The van der Waals surface area contributed by atoms with Gasteiger partial charge >= 0.3 is 0 Å². The topological polar surface area (TPSA) is 201 Å². The summed E-state index contributed by atoms with van der Waals surface area (Å²) in [4.78, 5) is 29.7. The zero-order valence-corrected chi connectivity index (χ0v) is 28.5. The first-order chi connectivity index (χ1) is 22.8. The third-order valence-corrected chi connectivity index (χ3v) is 9.10. The van der Waals surface area contributed by atoms with E-state index in [4.69, 9.17) is 14.6 Å². The van der Waals surface area contributed by atoms with Crippen molar-refractivity contribution in [2.45, 2.75) is 102 Å². The summed E-state index contributed by atoms with van der Waals surface area (Å²) >= 11 is 0. The SMILES string of the molecule is CC(C)c1[nH]nc(O[C@@H]2O[C@H](CO)[C@H](O)[C@H](O)[C@H]2O)c1Cc1ccc(CCCCC(=O)NC(C)(C)C(=O)N2CCN(CCO)CC2)cc1. The molecule has 48 heavy (non-hydrogen) atoms. The van der Waals surface area contributed by atoms with Gasteiger partial charge in [-0.2, -0.15) is 0 Å². The molecule has 268 valence electrons. The summed E-state index contributed by atoms with van der Waals surface area (Å²) in [5.74, 6) is 0.0531. The molecule has 0 aliphatic carbocycles. The van der Waals surface area contributed by atoms with Crippen LogP contribution in [0.4, 0.5) is 0 Å². The zero-order valence-electron chi connectivity index (χ0n) is 28.5. The number of nitrogens with one attached hydrogen (secondary N) is 2. The number of aliphatic hydroxyl groups excluding tert-OH is 5. The molecule has 0 saturated carbocycles. The number of rotatable bonds is 15. The number of aliphatic hydroxyl groups is 5. The second-order valence-corrected chi connectivity index (χ2v) is 13.6. The van der Waals surface area contributed by atoms with Gasteiger partial charge in [-0.15, -0.1) is 5.10 Å². The predicted molar refractivity (Wildman–Crippen MR) is 176 cm³/mol. The monoisotopic (exact) mass is 675 g/mol. The van der Waals surface area contributed by atoms with Crippen molar-refractivity contribution >= 4 is 11.8 Å². The van der Waals surface area contributed by atoms with Gasteiger partial charge in [-0.05, 0) is 50.2 Å². The molecule has 0 radical (unpaired) electrons. The fourth-order valence-corrected chi connectivity index (χ4v) is 6.20. The quantitative estimate of drug-likeness (QED) is 0.126. The number of piperazine rings is 1. The third kappa shape index (κ3) is 9.53.